The van der Waals surface area contributed by atoms with E-state index in [1.165, 1.54) is 35.4 Å². The quantitative estimate of drug-likeness (QED) is 0.298. The van der Waals surface area contributed by atoms with Gasteiger partial charge in [0.25, 0.3) is 0 Å². The molecule has 4 rings (SSSR count). The number of rotatable bonds is 9. The molecule has 44 heavy (non-hydrogen) atoms. The van der Waals surface area contributed by atoms with E-state index in [0.717, 1.165) is 18.3 Å². The molecule has 0 bridgehead atoms. The summed E-state index contributed by atoms with van der Waals surface area (Å²) >= 11 is 0. The number of hydrogen-bond acceptors (Lipinski definition) is 6. The lowest BCUT2D eigenvalue weighted by Crippen LogP contribution is -2.55. The molecule has 2 heterocycles. The molecule has 2 amide bonds. The Morgan fingerprint density at radius 3 is 2.36 bits per heavy atom. The molecule has 3 atom stereocenters. The zero-order valence-electron chi connectivity index (χ0n) is 24.7. The average Bonchev–Trinajstić information content (AvgIpc) is 2.94. The van der Waals surface area contributed by atoms with Crippen molar-refractivity contribution < 1.29 is 41.7 Å². The molecule has 1 saturated heterocycles. The number of aliphatic hydroxyl groups excluding tert-OH is 1. The van der Waals surface area contributed by atoms with E-state index in [1.54, 1.807) is 20.8 Å². The van der Waals surface area contributed by atoms with E-state index >= 15 is 0 Å². The van der Waals surface area contributed by atoms with Gasteiger partial charge in [-0.1, -0.05) is 12.1 Å². The summed E-state index contributed by atoms with van der Waals surface area (Å²) in [5.74, 6) is -4.26. The molecule has 2 unspecified atom stereocenters. The fourth-order valence-corrected chi connectivity index (χ4v) is 5.04. The summed E-state index contributed by atoms with van der Waals surface area (Å²) in [6, 6.07) is 7.55. The maximum absolute atomic E-state index is 15.0. The Morgan fingerprint density at radius 1 is 1.05 bits per heavy atom. The fraction of sp³-hybridized carbons (Fsp3) is 0.406. The van der Waals surface area contributed by atoms with E-state index in [4.69, 9.17) is 9.47 Å². The first kappa shape index (κ1) is 32.9. The molecule has 3 aromatic rings. The molecular weight excluding hydrogens is 582 g/mol. The number of halogens is 4. The summed E-state index contributed by atoms with van der Waals surface area (Å²) in [6.07, 6.45) is 1.29. The molecule has 0 radical (unpaired) electrons. The second-order valence-electron chi connectivity index (χ2n) is 11.7. The fourth-order valence-electron chi connectivity index (χ4n) is 5.04. The van der Waals surface area contributed by atoms with Gasteiger partial charge in [0.2, 0.25) is 5.91 Å². The minimum absolute atomic E-state index is 0.0638. The third kappa shape index (κ3) is 8.76. The van der Waals surface area contributed by atoms with Crippen molar-refractivity contribution in [1.82, 2.24) is 9.88 Å². The van der Waals surface area contributed by atoms with E-state index in [2.05, 4.69) is 10.3 Å². The topological polar surface area (TPSA) is 101 Å². The molecule has 1 aromatic heterocycles. The van der Waals surface area contributed by atoms with E-state index in [-0.39, 0.29) is 55.8 Å². The lowest BCUT2D eigenvalue weighted by atomic mass is 9.88. The zero-order chi connectivity index (χ0) is 32.0. The molecule has 1 aliphatic rings. The number of carbonyl (C=O) groups is 2. The van der Waals surface area contributed by atoms with Gasteiger partial charge in [0.15, 0.2) is 0 Å². The number of morpholine rings is 1. The molecule has 8 nitrogen and oxygen atoms in total. The number of nitrogens with one attached hydrogen (secondary N) is 1. The van der Waals surface area contributed by atoms with Crippen molar-refractivity contribution in [3.63, 3.8) is 0 Å². The van der Waals surface area contributed by atoms with E-state index in [1.807, 2.05) is 0 Å². The monoisotopic (exact) mass is 617 g/mol. The summed E-state index contributed by atoms with van der Waals surface area (Å²) in [6.45, 7) is 5.06. The maximum atomic E-state index is 15.0. The highest BCUT2D eigenvalue weighted by molar-refractivity contribution is 5.92. The highest BCUT2D eigenvalue weighted by Gasteiger charge is 2.35. The summed E-state index contributed by atoms with van der Waals surface area (Å²) in [7, 11) is 0. The van der Waals surface area contributed by atoms with Gasteiger partial charge in [0.1, 0.15) is 28.9 Å². The second kappa shape index (κ2) is 14.2. The van der Waals surface area contributed by atoms with E-state index in [0.29, 0.717) is 11.6 Å². The van der Waals surface area contributed by atoms with Crippen LogP contribution in [0.25, 0.3) is 0 Å². The second-order valence-corrected chi connectivity index (χ2v) is 11.7. The van der Waals surface area contributed by atoms with Crippen LogP contribution in [0.4, 0.5) is 28.0 Å². The van der Waals surface area contributed by atoms with Crippen LogP contribution in [0.15, 0.2) is 54.9 Å². The molecule has 1 fully saturated rings. The normalized spacial score (nSPS) is 17.7. The molecule has 236 valence electrons. The molecular formula is C32H35F4N3O5. The molecule has 12 heteroatoms. The predicted octanol–water partition coefficient (Wildman–Crippen LogP) is 5.73. The Kier molecular flexibility index (Phi) is 10.6. The van der Waals surface area contributed by atoms with Crippen LogP contribution < -0.4 is 5.32 Å². The number of ether oxygens (including phenoxy) is 2. The number of nitrogens with zero attached hydrogens (tertiary/aromatic N) is 2. The van der Waals surface area contributed by atoms with Gasteiger partial charge in [-0.2, -0.15) is 0 Å². The Bertz CT molecular complexity index is 1440. The standard InChI is InChI=1S/C32H35F4N3O5/c1-32(2,3)44-31(42)39-16-25(43-18-24(39)17-40)8-9-26-28(36)14-37-15-29(26)38-30(41)13-27(19-4-6-21(33)7-5-19)20-10-22(34)12-23(35)11-20/h4-7,10-12,14-15,24-25,27,40H,8-9,13,16-18H2,1-3H3,(H,38,41)/t24?,25?,27-/m0/s1. The Morgan fingerprint density at radius 2 is 1.73 bits per heavy atom. The summed E-state index contributed by atoms with van der Waals surface area (Å²) < 4.78 is 68.0. The van der Waals surface area contributed by atoms with Crippen molar-refractivity contribution in [1.29, 1.82) is 0 Å². The first-order valence-electron chi connectivity index (χ1n) is 14.2. The van der Waals surface area contributed by atoms with Crippen LogP contribution in [0, 0.1) is 23.3 Å². The Labute approximate surface area is 253 Å². The highest BCUT2D eigenvalue weighted by Crippen LogP contribution is 2.31. The van der Waals surface area contributed by atoms with Crippen LogP contribution in [0.3, 0.4) is 0 Å². The third-order valence-electron chi connectivity index (χ3n) is 7.15. The van der Waals surface area contributed by atoms with Crippen LogP contribution in [0.5, 0.6) is 0 Å². The maximum Gasteiger partial charge on any atom is 0.410 e. The highest BCUT2D eigenvalue weighted by atomic mass is 19.1. The van der Waals surface area contributed by atoms with Gasteiger partial charge >= 0.3 is 6.09 Å². The molecule has 2 aromatic carbocycles. The Balaban J connectivity index is 1.48. The largest absolute Gasteiger partial charge is 0.444 e. The SMILES string of the molecule is CC(C)(C)OC(=O)N1CC(CCc2c(F)cncc2NC(=O)C[C@@H](c2ccc(F)cc2)c2cc(F)cc(F)c2)OCC1CO. The van der Waals surface area contributed by atoms with Crippen molar-refractivity contribution in [2.45, 2.75) is 63.7 Å². The summed E-state index contributed by atoms with van der Waals surface area (Å²) in [4.78, 5) is 31.2. The van der Waals surface area contributed by atoms with Crippen LogP contribution in [-0.2, 0) is 20.7 Å². The van der Waals surface area contributed by atoms with Gasteiger partial charge in [0, 0.05) is 24.0 Å². The van der Waals surface area contributed by atoms with Crippen LogP contribution in [0.1, 0.15) is 56.2 Å². The summed E-state index contributed by atoms with van der Waals surface area (Å²) in [5, 5.41) is 12.4. The molecule has 0 spiro atoms. The van der Waals surface area contributed by atoms with E-state index in [9.17, 15) is 32.3 Å². The van der Waals surface area contributed by atoms with Crippen molar-refractivity contribution >= 4 is 17.7 Å². The number of amides is 2. The van der Waals surface area contributed by atoms with Crippen LogP contribution in [0.2, 0.25) is 0 Å². The number of aliphatic hydroxyl groups is 1. The van der Waals surface area contributed by atoms with Crippen molar-refractivity contribution in [3.8, 4) is 0 Å². The number of pyridine rings is 1. The van der Waals surface area contributed by atoms with Gasteiger partial charge in [-0.3, -0.25) is 14.7 Å². The van der Waals surface area contributed by atoms with Crippen LogP contribution >= 0.6 is 0 Å². The summed E-state index contributed by atoms with van der Waals surface area (Å²) in [5.41, 5.74) is 0.143. The van der Waals surface area contributed by atoms with Crippen molar-refractivity contribution in [2.75, 3.05) is 25.1 Å². The van der Waals surface area contributed by atoms with Gasteiger partial charge in [-0.25, -0.2) is 22.4 Å². The van der Waals surface area contributed by atoms with Crippen molar-refractivity contribution in [2.24, 2.45) is 0 Å². The molecule has 0 aliphatic carbocycles. The molecule has 2 N–H and O–H groups in total. The van der Waals surface area contributed by atoms with Gasteiger partial charge in [-0.05, 0) is 69.0 Å². The lowest BCUT2D eigenvalue weighted by molar-refractivity contribution is -0.116. The number of anilines is 1. The Hall–Kier alpha value is -4.03. The number of hydrogen-bond donors (Lipinski definition) is 2. The van der Waals surface area contributed by atoms with E-state index < -0.39 is 58.9 Å². The van der Waals surface area contributed by atoms with Gasteiger partial charge in [0.05, 0.1) is 50.0 Å². The van der Waals surface area contributed by atoms with Crippen molar-refractivity contribution in [3.05, 3.63) is 94.8 Å². The number of benzene rings is 2. The number of aromatic nitrogens is 1. The van der Waals surface area contributed by atoms with Crippen LogP contribution in [-0.4, -0.2) is 64.5 Å². The average molecular weight is 618 g/mol. The number of carbonyl (C=O) groups excluding carboxylic acids is 2. The minimum Gasteiger partial charge on any atom is -0.444 e. The smallest absolute Gasteiger partial charge is 0.410 e. The lowest BCUT2D eigenvalue weighted by Gasteiger charge is -2.39. The molecule has 0 saturated carbocycles. The predicted molar refractivity (Wildman–Crippen MR) is 154 cm³/mol. The third-order valence-corrected chi connectivity index (χ3v) is 7.15. The first-order valence-corrected chi connectivity index (χ1v) is 14.2. The zero-order valence-corrected chi connectivity index (χ0v) is 24.7. The minimum atomic E-state index is -0.834. The van der Waals surface area contributed by atoms with Gasteiger partial charge < -0.3 is 19.9 Å². The molecule has 1 aliphatic heterocycles. The first-order chi connectivity index (χ1) is 20.8. The van der Waals surface area contributed by atoms with Gasteiger partial charge in [-0.15, -0.1) is 0 Å².